The molecule has 0 radical (unpaired) electrons. The Morgan fingerprint density at radius 2 is 2.07 bits per heavy atom. The molecule has 90 valence electrons. The molecule has 1 saturated heterocycles. The van der Waals surface area contributed by atoms with Crippen molar-refractivity contribution in [3.05, 3.63) is 0 Å². The van der Waals surface area contributed by atoms with E-state index in [0.717, 1.165) is 32.7 Å². The first-order chi connectivity index (χ1) is 7.43. The van der Waals surface area contributed by atoms with Crippen molar-refractivity contribution >= 4 is 11.8 Å². The van der Waals surface area contributed by atoms with Gasteiger partial charge in [-0.1, -0.05) is 0 Å². The van der Waals surface area contributed by atoms with Gasteiger partial charge in [0.05, 0.1) is 0 Å². The topological polar surface area (TPSA) is 24.5 Å². The maximum atomic E-state index is 5.28. The summed E-state index contributed by atoms with van der Waals surface area (Å²) in [4.78, 5) is 2.55. The maximum Gasteiger partial charge on any atom is 0.0477 e. The van der Waals surface area contributed by atoms with Gasteiger partial charge in [-0.2, -0.15) is 11.8 Å². The first-order valence-corrected chi connectivity index (χ1v) is 7.17. The van der Waals surface area contributed by atoms with Crippen molar-refractivity contribution in [1.29, 1.82) is 0 Å². The van der Waals surface area contributed by atoms with Crippen LogP contribution >= 0.6 is 11.8 Å². The van der Waals surface area contributed by atoms with Crippen LogP contribution in [0, 0.1) is 0 Å². The molecule has 0 aromatic heterocycles. The third-order valence-corrected chi connectivity index (χ3v) is 3.50. The SMILES string of the molecule is CCOCCCNCCN1CCSCC1. The van der Waals surface area contributed by atoms with Gasteiger partial charge in [0.1, 0.15) is 0 Å². The molecule has 4 heteroatoms. The fourth-order valence-corrected chi connectivity index (χ4v) is 2.61. The average Bonchev–Trinajstić information content (AvgIpc) is 2.29. The molecule has 0 unspecified atom stereocenters. The van der Waals surface area contributed by atoms with Crippen LogP contribution in [0.1, 0.15) is 13.3 Å². The van der Waals surface area contributed by atoms with E-state index in [4.69, 9.17) is 4.74 Å². The number of nitrogens with zero attached hydrogens (tertiary/aromatic N) is 1. The minimum atomic E-state index is 0.839. The third-order valence-electron chi connectivity index (χ3n) is 2.55. The van der Waals surface area contributed by atoms with Gasteiger partial charge < -0.3 is 15.0 Å². The van der Waals surface area contributed by atoms with Crippen molar-refractivity contribution < 1.29 is 4.74 Å². The second kappa shape index (κ2) is 9.46. The van der Waals surface area contributed by atoms with Crippen molar-refractivity contribution in [3.8, 4) is 0 Å². The zero-order valence-electron chi connectivity index (χ0n) is 9.83. The molecular weight excluding hydrogens is 208 g/mol. The van der Waals surface area contributed by atoms with E-state index in [1.807, 2.05) is 6.92 Å². The van der Waals surface area contributed by atoms with Gasteiger partial charge in [0.2, 0.25) is 0 Å². The number of rotatable bonds is 8. The number of hydrogen-bond donors (Lipinski definition) is 1. The lowest BCUT2D eigenvalue weighted by Crippen LogP contribution is -2.38. The lowest BCUT2D eigenvalue weighted by molar-refractivity contribution is 0.144. The highest BCUT2D eigenvalue weighted by molar-refractivity contribution is 7.99. The normalized spacial score (nSPS) is 18.2. The van der Waals surface area contributed by atoms with Crippen LogP contribution < -0.4 is 5.32 Å². The van der Waals surface area contributed by atoms with E-state index in [-0.39, 0.29) is 0 Å². The Labute approximate surface area is 97.9 Å². The molecule has 1 fully saturated rings. The Bertz CT molecular complexity index is 141. The van der Waals surface area contributed by atoms with Crippen molar-refractivity contribution in [3.63, 3.8) is 0 Å². The van der Waals surface area contributed by atoms with Gasteiger partial charge in [0, 0.05) is 50.9 Å². The molecule has 0 aromatic rings. The number of nitrogens with one attached hydrogen (secondary N) is 1. The molecule has 15 heavy (non-hydrogen) atoms. The monoisotopic (exact) mass is 232 g/mol. The Balaban J connectivity index is 1.79. The third kappa shape index (κ3) is 7.17. The Hall–Kier alpha value is 0.230. The van der Waals surface area contributed by atoms with Crippen molar-refractivity contribution in [2.75, 3.05) is 57.4 Å². The summed E-state index contributed by atoms with van der Waals surface area (Å²) in [5.41, 5.74) is 0. The predicted molar refractivity (Wildman–Crippen MR) is 67.7 cm³/mol. The highest BCUT2D eigenvalue weighted by Gasteiger charge is 2.08. The van der Waals surface area contributed by atoms with E-state index >= 15 is 0 Å². The summed E-state index contributed by atoms with van der Waals surface area (Å²) in [5.74, 6) is 2.62. The van der Waals surface area contributed by atoms with E-state index < -0.39 is 0 Å². The Morgan fingerprint density at radius 1 is 1.27 bits per heavy atom. The van der Waals surface area contributed by atoms with Crippen molar-refractivity contribution in [2.24, 2.45) is 0 Å². The van der Waals surface area contributed by atoms with Gasteiger partial charge in [-0.25, -0.2) is 0 Å². The number of thioether (sulfide) groups is 1. The second-order valence-corrected chi connectivity index (χ2v) is 4.98. The largest absolute Gasteiger partial charge is 0.382 e. The molecule has 0 saturated carbocycles. The molecule has 3 nitrogen and oxygen atoms in total. The van der Waals surface area contributed by atoms with Crippen LogP contribution in [0.25, 0.3) is 0 Å². The predicted octanol–water partition coefficient (Wildman–Crippen LogP) is 1.05. The van der Waals surface area contributed by atoms with Crippen LogP contribution in [0.4, 0.5) is 0 Å². The van der Waals surface area contributed by atoms with Crippen LogP contribution in [-0.2, 0) is 4.74 Å². The molecule has 1 aliphatic heterocycles. The van der Waals surface area contributed by atoms with E-state index in [9.17, 15) is 0 Å². The molecule has 0 aliphatic carbocycles. The molecule has 1 rings (SSSR count). The lowest BCUT2D eigenvalue weighted by atomic mass is 10.4. The van der Waals surface area contributed by atoms with Gasteiger partial charge in [0.15, 0.2) is 0 Å². The highest BCUT2D eigenvalue weighted by Crippen LogP contribution is 2.07. The molecule has 1 heterocycles. The first kappa shape index (κ1) is 13.3. The van der Waals surface area contributed by atoms with Gasteiger partial charge in [0.25, 0.3) is 0 Å². The summed E-state index contributed by atoms with van der Waals surface area (Å²) in [7, 11) is 0. The van der Waals surface area contributed by atoms with Gasteiger partial charge in [-0.05, 0) is 19.9 Å². The van der Waals surface area contributed by atoms with Gasteiger partial charge in [-0.15, -0.1) is 0 Å². The Morgan fingerprint density at radius 3 is 2.80 bits per heavy atom. The zero-order chi connectivity index (χ0) is 10.8. The smallest absolute Gasteiger partial charge is 0.0477 e. The molecule has 0 spiro atoms. The molecule has 1 N–H and O–H groups in total. The van der Waals surface area contributed by atoms with Crippen LogP contribution in [0.2, 0.25) is 0 Å². The molecule has 0 atom stereocenters. The number of hydrogen-bond acceptors (Lipinski definition) is 4. The fraction of sp³-hybridized carbons (Fsp3) is 1.00. The van der Waals surface area contributed by atoms with Crippen LogP contribution in [0.15, 0.2) is 0 Å². The maximum absolute atomic E-state index is 5.28. The van der Waals surface area contributed by atoms with Gasteiger partial charge in [-0.3, -0.25) is 0 Å². The zero-order valence-corrected chi connectivity index (χ0v) is 10.7. The van der Waals surface area contributed by atoms with E-state index in [0.29, 0.717) is 0 Å². The Kier molecular flexibility index (Phi) is 8.38. The van der Waals surface area contributed by atoms with Crippen molar-refractivity contribution in [1.82, 2.24) is 10.2 Å². The van der Waals surface area contributed by atoms with E-state index in [2.05, 4.69) is 22.0 Å². The lowest BCUT2D eigenvalue weighted by Gasteiger charge is -2.26. The summed E-state index contributed by atoms with van der Waals surface area (Å²) >= 11 is 2.07. The fourth-order valence-electron chi connectivity index (χ4n) is 1.63. The summed E-state index contributed by atoms with van der Waals surface area (Å²) < 4.78 is 5.28. The van der Waals surface area contributed by atoms with Crippen LogP contribution in [-0.4, -0.2) is 62.3 Å². The molecular formula is C11H24N2OS. The standard InChI is InChI=1S/C11H24N2OS/c1-2-14-9-3-4-12-5-6-13-7-10-15-11-8-13/h12H,2-11H2,1H3. The van der Waals surface area contributed by atoms with E-state index in [1.165, 1.54) is 31.1 Å². The molecule has 1 aliphatic rings. The molecule has 0 aromatic carbocycles. The summed E-state index contributed by atoms with van der Waals surface area (Å²) in [6.07, 6.45) is 1.13. The second-order valence-electron chi connectivity index (χ2n) is 3.75. The van der Waals surface area contributed by atoms with Crippen LogP contribution in [0.3, 0.4) is 0 Å². The summed E-state index contributed by atoms with van der Waals surface area (Å²) in [6, 6.07) is 0. The van der Waals surface area contributed by atoms with Crippen molar-refractivity contribution in [2.45, 2.75) is 13.3 Å². The summed E-state index contributed by atoms with van der Waals surface area (Å²) in [5, 5.41) is 3.46. The molecule has 0 bridgehead atoms. The average molecular weight is 232 g/mol. The number of ether oxygens (including phenoxy) is 1. The molecule has 0 amide bonds. The van der Waals surface area contributed by atoms with Gasteiger partial charge >= 0.3 is 0 Å². The first-order valence-electron chi connectivity index (χ1n) is 6.02. The highest BCUT2D eigenvalue weighted by atomic mass is 32.2. The minimum Gasteiger partial charge on any atom is -0.382 e. The van der Waals surface area contributed by atoms with Crippen LogP contribution in [0.5, 0.6) is 0 Å². The summed E-state index contributed by atoms with van der Waals surface area (Å²) in [6.45, 7) is 9.72. The minimum absolute atomic E-state index is 0.839. The quantitative estimate of drug-likeness (QED) is 0.632. The van der Waals surface area contributed by atoms with E-state index in [1.54, 1.807) is 0 Å².